The molecule has 4 fully saturated rings. The van der Waals surface area contributed by atoms with Gasteiger partial charge in [-0.15, -0.1) is 0 Å². The summed E-state index contributed by atoms with van der Waals surface area (Å²) in [7, 11) is 0. The monoisotopic (exact) mass is 568 g/mol. The van der Waals surface area contributed by atoms with Crippen molar-refractivity contribution in [3.05, 3.63) is 121 Å². The number of aromatic nitrogens is 4. The van der Waals surface area contributed by atoms with E-state index in [0.717, 1.165) is 33.9 Å². The fourth-order valence-electron chi connectivity index (χ4n) is 9.94. The van der Waals surface area contributed by atoms with Gasteiger partial charge in [-0.3, -0.25) is 4.98 Å². The molecule has 2 aromatic heterocycles. The molecule has 4 bridgehead atoms. The maximum absolute atomic E-state index is 5.17. The zero-order chi connectivity index (χ0) is 28.8. The lowest BCUT2D eigenvalue weighted by atomic mass is 9.43. The highest BCUT2D eigenvalue weighted by Crippen LogP contribution is 2.69. The number of hydrogen-bond acceptors (Lipinski definition) is 4. The predicted octanol–water partition coefficient (Wildman–Crippen LogP) is 9.14. The van der Waals surface area contributed by atoms with Crippen LogP contribution in [0.4, 0.5) is 0 Å². The van der Waals surface area contributed by atoms with Crippen LogP contribution < -0.4 is 0 Å². The van der Waals surface area contributed by atoms with Crippen molar-refractivity contribution in [3.8, 4) is 45.3 Å². The number of pyridine rings is 1. The summed E-state index contributed by atoms with van der Waals surface area (Å²) in [6.07, 6.45) is 11.1. The Morgan fingerprint density at radius 2 is 1.23 bits per heavy atom. The molecule has 0 radical (unpaired) electrons. The Morgan fingerprint density at radius 3 is 2.05 bits per heavy atom. The van der Waals surface area contributed by atoms with Crippen LogP contribution in [0.5, 0.6) is 0 Å². The minimum atomic E-state index is 0.104. The smallest absolute Gasteiger partial charge is 0.164 e. The number of fused-ring (bicyclic) bond motifs is 4. The Kier molecular flexibility index (Phi) is 5.14. The van der Waals surface area contributed by atoms with E-state index >= 15 is 0 Å². The van der Waals surface area contributed by atoms with Crippen molar-refractivity contribution in [3.63, 3.8) is 0 Å². The van der Waals surface area contributed by atoms with Crippen molar-refractivity contribution < 1.29 is 0 Å². The highest BCUT2D eigenvalue weighted by molar-refractivity contribution is 5.95. The van der Waals surface area contributed by atoms with Gasteiger partial charge in [-0.1, -0.05) is 84.9 Å². The van der Waals surface area contributed by atoms with Crippen LogP contribution in [0, 0.1) is 23.7 Å². The first-order chi connectivity index (χ1) is 21.8. The van der Waals surface area contributed by atoms with Gasteiger partial charge in [0.15, 0.2) is 17.5 Å². The van der Waals surface area contributed by atoms with Gasteiger partial charge < -0.3 is 0 Å². The molecule has 2 heterocycles. The second kappa shape index (κ2) is 9.15. The van der Waals surface area contributed by atoms with Gasteiger partial charge in [0, 0.05) is 34.5 Å². The molecule has 44 heavy (non-hydrogen) atoms. The lowest BCUT2D eigenvalue weighted by Gasteiger charge is -2.61. The molecule has 0 amide bonds. The SMILES string of the molecule is c1ccc(-c2nc(-c3ccc4c(c3)-c3ccncc3C43C4CC5CC(C4)CC3C5)nc(-c3cccc4ccccc34)n2)cc1. The Bertz CT molecular complexity index is 2070. The van der Waals surface area contributed by atoms with Gasteiger partial charge >= 0.3 is 0 Å². The molecule has 0 saturated heterocycles. The van der Waals surface area contributed by atoms with Gasteiger partial charge in [-0.2, -0.15) is 0 Å². The van der Waals surface area contributed by atoms with Gasteiger partial charge in [0.1, 0.15) is 0 Å². The van der Waals surface area contributed by atoms with Crippen LogP contribution >= 0.6 is 0 Å². The molecule has 6 aromatic rings. The summed E-state index contributed by atoms with van der Waals surface area (Å²) in [6, 6.07) is 34.4. The van der Waals surface area contributed by atoms with Crippen molar-refractivity contribution in [1.29, 1.82) is 0 Å². The van der Waals surface area contributed by atoms with Crippen LogP contribution in [-0.4, -0.2) is 19.9 Å². The lowest BCUT2D eigenvalue weighted by molar-refractivity contribution is -0.0400. The molecule has 11 rings (SSSR count). The first-order valence-corrected chi connectivity index (χ1v) is 16.1. The summed E-state index contributed by atoms with van der Waals surface area (Å²) >= 11 is 0. The fraction of sp³-hybridized carbons (Fsp3) is 0.250. The molecular weight excluding hydrogens is 536 g/mol. The second-order valence-corrected chi connectivity index (χ2v) is 13.6. The van der Waals surface area contributed by atoms with Gasteiger partial charge in [-0.25, -0.2) is 15.0 Å². The van der Waals surface area contributed by atoms with E-state index in [1.165, 1.54) is 59.7 Å². The summed E-state index contributed by atoms with van der Waals surface area (Å²) in [5.74, 6) is 5.38. The van der Waals surface area contributed by atoms with Crippen molar-refractivity contribution >= 4 is 10.8 Å². The van der Waals surface area contributed by atoms with E-state index in [0.29, 0.717) is 29.3 Å². The molecule has 0 aliphatic heterocycles. The predicted molar refractivity (Wildman–Crippen MR) is 175 cm³/mol. The quantitative estimate of drug-likeness (QED) is 0.214. The summed E-state index contributed by atoms with van der Waals surface area (Å²) in [6.45, 7) is 0. The molecule has 0 atom stereocenters. The van der Waals surface area contributed by atoms with Crippen LogP contribution in [0.2, 0.25) is 0 Å². The van der Waals surface area contributed by atoms with E-state index in [1.54, 1.807) is 0 Å². The van der Waals surface area contributed by atoms with E-state index in [2.05, 4.69) is 85.1 Å². The Hall–Kier alpha value is -4.70. The van der Waals surface area contributed by atoms with Crippen LogP contribution in [0.15, 0.2) is 109 Å². The maximum Gasteiger partial charge on any atom is 0.164 e. The highest BCUT2D eigenvalue weighted by atomic mass is 15.0. The molecule has 4 aromatic carbocycles. The average molecular weight is 569 g/mol. The van der Waals surface area contributed by atoms with Crippen molar-refractivity contribution in [2.75, 3.05) is 0 Å². The summed E-state index contributed by atoms with van der Waals surface area (Å²) < 4.78 is 0. The third-order valence-electron chi connectivity index (χ3n) is 11.4. The molecule has 5 aliphatic rings. The number of hydrogen-bond donors (Lipinski definition) is 0. The zero-order valence-electron chi connectivity index (χ0n) is 24.5. The van der Waals surface area contributed by atoms with E-state index in [9.17, 15) is 0 Å². The molecular formula is C40H32N4. The van der Waals surface area contributed by atoms with Crippen LogP contribution in [-0.2, 0) is 5.41 Å². The van der Waals surface area contributed by atoms with E-state index in [1.807, 2.05) is 24.4 Å². The number of rotatable bonds is 3. The van der Waals surface area contributed by atoms with Gasteiger partial charge in [0.25, 0.3) is 0 Å². The number of benzene rings is 4. The van der Waals surface area contributed by atoms with Crippen molar-refractivity contribution in [1.82, 2.24) is 19.9 Å². The minimum absolute atomic E-state index is 0.104. The lowest BCUT2D eigenvalue weighted by Crippen LogP contribution is -2.55. The Morgan fingerprint density at radius 1 is 0.523 bits per heavy atom. The van der Waals surface area contributed by atoms with Gasteiger partial charge in [-0.05, 0) is 101 Å². The molecule has 0 N–H and O–H groups in total. The third-order valence-corrected chi connectivity index (χ3v) is 11.4. The molecule has 0 unspecified atom stereocenters. The Balaban J connectivity index is 1.18. The molecule has 4 saturated carbocycles. The van der Waals surface area contributed by atoms with Crippen molar-refractivity contribution in [2.45, 2.75) is 37.5 Å². The first-order valence-electron chi connectivity index (χ1n) is 16.1. The zero-order valence-corrected chi connectivity index (χ0v) is 24.5. The summed E-state index contributed by atoms with van der Waals surface area (Å²) in [5, 5.41) is 2.32. The first kappa shape index (κ1) is 24.7. The summed E-state index contributed by atoms with van der Waals surface area (Å²) in [5.41, 5.74) is 8.84. The van der Waals surface area contributed by atoms with E-state index in [4.69, 9.17) is 19.9 Å². The van der Waals surface area contributed by atoms with Gasteiger partial charge in [0.05, 0.1) is 0 Å². The third kappa shape index (κ3) is 3.40. The molecule has 212 valence electrons. The number of nitrogens with zero attached hydrogens (tertiary/aromatic N) is 4. The fourth-order valence-corrected chi connectivity index (χ4v) is 9.94. The van der Waals surface area contributed by atoms with E-state index in [-0.39, 0.29) is 5.41 Å². The van der Waals surface area contributed by atoms with Crippen LogP contribution in [0.1, 0.15) is 43.2 Å². The minimum Gasteiger partial charge on any atom is -0.264 e. The van der Waals surface area contributed by atoms with E-state index < -0.39 is 0 Å². The molecule has 4 heteroatoms. The summed E-state index contributed by atoms with van der Waals surface area (Å²) in [4.78, 5) is 20.0. The van der Waals surface area contributed by atoms with Gasteiger partial charge in [0.2, 0.25) is 0 Å². The Labute approximate surface area is 257 Å². The topological polar surface area (TPSA) is 51.6 Å². The van der Waals surface area contributed by atoms with Crippen LogP contribution in [0.3, 0.4) is 0 Å². The average Bonchev–Trinajstić information content (AvgIpc) is 3.37. The second-order valence-electron chi connectivity index (χ2n) is 13.6. The molecule has 5 aliphatic carbocycles. The highest BCUT2D eigenvalue weighted by Gasteiger charge is 2.61. The van der Waals surface area contributed by atoms with Crippen molar-refractivity contribution in [2.24, 2.45) is 23.7 Å². The van der Waals surface area contributed by atoms with Crippen LogP contribution in [0.25, 0.3) is 56.1 Å². The standard InChI is InChI=1S/C40H32N4/c1-2-8-27(9-3-1)37-42-38(44-39(43-37)33-12-6-10-26-7-4-5-11-31(26)33)28-13-14-35-34(22-28)32-15-16-41-23-36(32)40(35)29-18-24-17-25(20-29)21-30(40)19-24/h1-16,22-25,29-30H,17-21H2. The molecule has 4 nitrogen and oxygen atoms in total. The maximum atomic E-state index is 5.17. The largest absolute Gasteiger partial charge is 0.264 e. The normalized spacial score (nSPS) is 25.8. The molecule has 1 spiro atoms.